The summed E-state index contributed by atoms with van der Waals surface area (Å²) in [7, 11) is 0. The number of aliphatic carboxylic acids is 1. The first kappa shape index (κ1) is 12.7. The number of hydrogen-bond donors (Lipinski definition) is 1. The zero-order valence-electron chi connectivity index (χ0n) is 9.69. The van der Waals surface area contributed by atoms with E-state index in [1.165, 1.54) is 12.1 Å². The average Bonchev–Trinajstić information content (AvgIpc) is 2.61. The molecule has 19 heavy (non-hydrogen) atoms. The van der Waals surface area contributed by atoms with E-state index in [1.54, 1.807) is 0 Å². The van der Waals surface area contributed by atoms with Gasteiger partial charge < -0.3 is 5.11 Å². The Balaban J connectivity index is 2.59. The molecule has 0 fully saturated rings. The van der Waals surface area contributed by atoms with Crippen LogP contribution < -0.4 is 0 Å². The summed E-state index contributed by atoms with van der Waals surface area (Å²) in [5.74, 6) is -3.15. The highest BCUT2D eigenvalue weighted by Crippen LogP contribution is 2.31. The third-order valence-corrected chi connectivity index (χ3v) is 2.87. The molecule has 0 radical (unpaired) electrons. The highest BCUT2D eigenvalue weighted by Gasteiger charge is 2.44. The molecule has 0 aliphatic carbocycles. The third-order valence-electron chi connectivity index (χ3n) is 2.87. The molecule has 0 saturated heterocycles. The quantitative estimate of drug-likeness (QED) is 0.486. The van der Waals surface area contributed by atoms with Gasteiger partial charge in [0.15, 0.2) is 0 Å². The van der Waals surface area contributed by atoms with Crippen LogP contribution in [0.2, 0.25) is 0 Å². The van der Waals surface area contributed by atoms with Gasteiger partial charge in [0, 0.05) is 6.07 Å². The Hall–Kier alpha value is -2.77. The molecule has 1 atom stereocenters. The number of carboxylic acid groups (broad SMARTS) is 1. The summed E-state index contributed by atoms with van der Waals surface area (Å²) in [5.41, 5.74) is -1.01. The van der Waals surface area contributed by atoms with Crippen molar-refractivity contribution in [2.45, 2.75) is 13.0 Å². The largest absolute Gasteiger partial charge is 0.480 e. The summed E-state index contributed by atoms with van der Waals surface area (Å²) in [6.45, 7) is 1.16. The molecule has 0 spiro atoms. The number of imide groups is 1. The van der Waals surface area contributed by atoms with Crippen molar-refractivity contribution in [3.05, 3.63) is 39.4 Å². The molecule has 1 aliphatic heterocycles. The van der Waals surface area contributed by atoms with Crippen molar-refractivity contribution in [3.8, 4) is 0 Å². The molecule has 0 saturated carbocycles. The number of benzene rings is 1. The number of rotatable bonds is 3. The van der Waals surface area contributed by atoms with Crippen LogP contribution in [-0.2, 0) is 4.79 Å². The fourth-order valence-electron chi connectivity index (χ4n) is 1.90. The summed E-state index contributed by atoms with van der Waals surface area (Å²) >= 11 is 0. The minimum atomic E-state index is -1.38. The van der Waals surface area contributed by atoms with E-state index >= 15 is 0 Å². The minimum absolute atomic E-state index is 0.146. The highest BCUT2D eigenvalue weighted by molar-refractivity contribution is 6.24. The van der Waals surface area contributed by atoms with Gasteiger partial charge >= 0.3 is 5.97 Å². The molecular weight excluding hydrogens is 256 g/mol. The van der Waals surface area contributed by atoms with Crippen LogP contribution in [-0.4, -0.2) is 38.8 Å². The van der Waals surface area contributed by atoms with Gasteiger partial charge in [-0.1, -0.05) is 6.07 Å². The molecule has 0 aromatic heterocycles. The molecule has 8 nitrogen and oxygen atoms in total. The van der Waals surface area contributed by atoms with Crippen LogP contribution in [0.3, 0.4) is 0 Å². The number of hydrogen-bond acceptors (Lipinski definition) is 5. The molecule has 1 heterocycles. The Labute approximate surface area is 106 Å². The normalized spacial score (nSPS) is 15.3. The van der Waals surface area contributed by atoms with Crippen molar-refractivity contribution >= 4 is 23.5 Å². The van der Waals surface area contributed by atoms with Crippen LogP contribution in [0, 0.1) is 10.1 Å². The lowest BCUT2D eigenvalue weighted by molar-refractivity contribution is -0.385. The van der Waals surface area contributed by atoms with Gasteiger partial charge in [-0.15, -0.1) is 0 Å². The Bertz CT molecular complexity index is 624. The van der Waals surface area contributed by atoms with E-state index in [0.29, 0.717) is 4.90 Å². The second-order valence-corrected chi connectivity index (χ2v) is 3.95. The van der Waals surface area contributed by atoms with Crippen molar-refractivity contribution in [1.29, 1.82) is 0 Å². The fraction of sp³-hybridized carbons (Fsp3) is 0.182. The van der Waals surface area contributed by atoms with Gasteiger partial charge in [-0.25, -0.2) is 4.79 Å². The van der Waals surface area contributed by atoms with Crippen LogP contribution in [0.25, 0.3) is 0 Å². The predicted octanol–water partition coefficient (Wildman–Crippen LogP) is 0.664. The van der Waals surface area contributed by atoms with Crippen molar-refractivity contribution in [1.82, 2.24) is 4.90 Å². The number of amides is 2. The molecule has 2 rings (SSSR count). The van der Waals surface area contributed by atoms with Gasteiger partial charge in [0.1, 0.15) is 11.6 Å². The molecular formula is C11H8N2O6. The molecule has 1 N–H and O–H groups in total. The first-order valence-corrected chi connectivity index (χ1v) is 5.24. The maximum absolute atomic E-state index is 12.0. The SMILES string of the molecule is C[C@@H](C(=O)O)N1C(=O)c2cccc([N+](=O)[O-])c2C1=O. The smallest absolute Gasteiger partial charge is 0.326 e. The van der Waals surface area contributed by atoms with E-state index in [-0.39, 0.29) is 11.1 Å². The second kappa shape index (κ2) is 4.16. The van der Waals surface area contributed by atoms with Crippen LogP contribution in [0.15, 0.2) is 18.2 Å². The third kappa shape index (κ3) is 1.73. The van der Waals surface area contributed by atoms with Crippen LogP contribution in [0.4, 0.5) is 5.69 Å². The maximum Gasteiger partial charge on any atom is 0.326 e. The van der Waals surface area contributed by atoms with E-state index in [4.69, 9.17) is 5.11 Å². The summed E-state index contributed by atoms with van der Waals surface area (Å²) in [5, 5.41) is 19.7. The fourth-order valence-corrected chi connectivity index (χ4v) is 1.90. The molecule has 1 aliphatic rings. The Morgan fingerprint density at radius 3 is 2.53 bits per heavy atom. The molecule has 1 aromatic rings. The van der Waals surface area contributed by atoms with Gasteiger partial charge in [0.05, 0.1) is 10.5 Å². The average molecular weight is 264 g/mol. The maximum atomic E-state index is 12.0. The molecule has 2 amide bonds. The summed E-state index contributed by atoms with van der Waals surface area (Å²) < 4.78 is 0. The lowest BCUT2D eigenvalue weighted by Gasteiger charge is -2.17. The number of nitrogens with zero attached hydrogens (tertiary/aromatic N) is 2. The van der Waals surface area contributed by atoms with Crippen LogP contribution in [0.1, 0.15) is 27.6 Å². The van der Waals surface area contributed by atoms with Gasteiger partial charge in [-0.2, -0.15) is 0 Å². The minimum Gasteiger partial charge on any atom is -0.480 e. The molecule has 1 aromatic carbocycles. The zero-order valence-corrected chi connectivity index (χ0v) is 9.69. The number of fused-ring (bicyclic) bond motifs is 1. The van der Waals surface area contributed by atoms with Gasteiger partial charge in [-0.05, 0) is 13.0 Å². The Kier molecular flexibility index (Phi) is 2.78. The molecule has 0 bridgehead atoms. The number of carbonyl (C=O) groups excluding carboxylic acids is 2. The van der Waals surface area contributed by atoms with Crippen LogP contribution in [0.5, 0.6) is 0 Å². The summed E-state index contributed by atoms with van der Waals surface area (Å²) in [4.78, 5) is 45.4. The Morgan fingerprint density at radius 1 is 1.37 bits per heavy atom. The van der Waals surface area contributed by atoms with E-state index in [9.17, 15) is 24.5 Å². The van der Waals surface area contributed by atoms with Gasteiger partial charge in [0.2, 0.25) is 0 Å². The van der Waals surface area contributed by atoms with Gasteiger partial charge in [0.25, 0.3) is 17.5 Å². The van der Waals surface area contributed by atoms with E-state index in [2.05, 4.69) is 0 Å². The number of nitro benzene ring substituents is 1. The first-order valence-electron chi connectivity index (χ1n) is 5.24. The monoisotopic (exact) mass is 264 g/mol. The van der Waals surface area contributed by atoms with E-state index in [1.807, 2.05) is 0 Å². The molecule has 0 unspecified atom stereocenters. The second-order valence-electron chi connectivity index (χ2n) is 3.95. The predicted molar refractivity (Wildman–Crippen MR) is 60.7 cm³/mol. The Morgan fingerprint density at radius 2 is 2.00 bits per heavy atom. The van der Waals surface area contributed by atoms with Gasteiger partial charge in [-0.3, -0.25) is 24.6 Å². The van der Waals surface area contributed by atoms with Crippen LogP contribution >= 0.6 is 0 Å². The number of carboxylic acids is 1. The highest BCUT2D eigenvalue weighted by atomic mass is 16.6. The first-order chi connectivity index (χ1) is 8.86. The lowest BCUT2D eigenvalue weighted by atomic mass is 10.1. The van der Waals surface area contributed by atoms with Crippen molar-refractivity contribution in [3.63, 3.8) is 0 Å². The summed E-state index contributed by atoms with van der Waals surface area (Å²) in [6, 6.07) is 2.25. The molecule has 8 heteroatoms. The van der Waals surface area contributed by atoms with Crippen molar-refractivity contribution in [2.75, 3.05) is 0 Å². The number of nitro groups is 1. The van der Waals surface area contributed by atoms with E-state index < -0.39 is 34.4 Å². The van der Waals surface area contributed by atoms with E-state index in [0.717, 1.165) is 13.0 Å². The molecule has 98 valence electrons. The standard InChI is InChI=1S/C11H8N2O6/c1-5(11(16)17)12-9(14)6-3-2-4-7(13(18)19)8(6)10(12)15/h2-5H,1H3,(H,16,17)/t5-/m0/s1. The van der Waals surface area contributed by atoms with Crippen molar-refractivity contribution in [2.24, 2.45) is 0 Å². The van der Waals surface area contributed by atoms with Crippen molar-refractivity contribution < 1.29 is 24.4 Å². The zero-order chi connectivity index (χ0) is 14.3. The summed E-state index contributed by atoms with van der Waals surface area (Å²) in [6.07, 6.45) is 0. The topological polar surface area (TPSA) is 118 Å². The lowest BCUT2D eigenvalue weighted by Crippen LogP contribution is -2.42. The number of carbonyl (C=O) groups is 3.